The molecule has 4 nitrogen and oxygen atoms in total. The van der Waals surface area contributed by atoms with Gasteiger partial charge in [0, 0.05) is 4.88 Å². The van der Waals surface area contributed by atoms with Gasteiger partial charge in [-0.3, -0.25) is 4.79 Å². The monoisotopic (exact) mass is 275 g/mol. The molecule has 5 heteroatoms. The maximum absolute atomic E-state index is 12.3. The van der Waals surface area contributed by atoms with Gasteiger partial charge in [0.1, 0.15) is 5.54 Å². The minimum Gasteiger partial charge on any atom is -0.314 e. The molecule has 1 aromatic carbocycles. The van der Waals surface area contributed by atoms with E-state index in [4.69, 9.17) is 5.73 Å². The van der Waals surface area contributed by atoms with Crippen molar-refractivity contribution in [2.45, 2.75) is 26.3 Å². The van der Waals surface area contributed by atoms with Crippen molar-refractivity contribution in [1.82, 2.24) is 4.98 Å². The van der Waals surface area contributed by atoms with Crippen LogP contribution >= 0.6 is 11.3 Å². The highest BCUT2D eigenvalue weighted by molar-refractivity contribution is 7.15. The molecule has 0 bridgehead atoms. The average Bonchev–Trinajstić information content (AvgIpc) is 2.69. The SMILES string of the molecule is Cc1nc(NC(=O)C(C)(N)c2ccccc2)sc1C. The standard InChI is InChI=1S/C14H17N3OS/c1-9-10(2)19-13(16-9)17-12(18)14(3,15)11-7-5-4-6-8-11/h4-8H,15H2,1-3H3,(H,16,17,18). The number of amides is 1. The summed E-state index contributed by atoms with van der Waals surface area (Å²) in [6, 6.07) is 9.32. The number of aryl methyl sites for hydroxylation is 2. The molecule has 0 aliphatic carbocycles. The number of carbonyl (C=O) groups is 1. The van der Waals surface area contributed by atoms with E-state index in [2.05, 4.69) is 10.3 Å². The molecular formula is C14H17N3OS. The van der Waals surface area contributed by atoms with Crippen LogP contribution in [0.4, 0.5) is 5.13 Å². The van der Waals surface area contributed by atoms with Gasteiger partial charge in [0.2, 0.25) is 0 Å². The van der Waals surface area contributed by atoms with E-state index in [-0.39, 0.29) is 5.91 Å². The normalized spacial score (nSPS) is 13.9. The lowest BCUT2D eigenvalue weighted by Gasteiger charge is -2.23. The van der Waals surface area contributed by atoms with E-state index < -0.39 is 5.54 Å². The Morgan fingerprint density at radius 1 is 1.32 bits per heavy atom. The molecule has 0 saturated carbocycles. The summed E-state index contributed by atoms with van der Waals surface area (Å²) in [4.78, 5) is 17.7. The fourth-order valence-corrected chi connectivity index (χ4v) is 2.48. The maximum Gasteiger partial charge on any atom is 0.250 e. The Morgan fingerprint density at radius 3 is 2.47 bits per heavy atom. The Balaban J connectivity index is 2.19. The molecule has 0 aliphatic heterocycles. The van der Waals surface area contributed by atoms with E-state index in [1.165, 1.54) is 11.3 Å². The molecule has 1 amide bonds. The lowest BCUT2D eigenvalue weighted by atomic mass is 9.92. The fraction of sp³-hybridized carbons (Fsp3) is 0.286. The number of carbonyl (C=O) groups excluding carboxylic acids is 1. The number of hydrogen-bond acceptors (Lipinski definition) is 4. The van der Waals surface area contributed by atoms with Crippen molar-refractivity contribution in [2.24, 2.45) is 5.73 Å². The van der Waals surface area contributed by atoms with E-state index in [1.54, 1.807) is 6.92 Å². The second-order valence-corrected chi connectivity index (χ2v) is 5.89. The number of thiazole rings is 1. The molecule has 2 aromatic rings. The van der Waals surface area contributed by atoms with Crippen LogP contribution in [-0.2, 0) is 10.3 Å². The predicted molar refractivity (Wildman–Crippen MR) is 78.2 cm³/mol. The van der Waals surface area contributed by atoms with Crippen molar-refractivity contribution in [3.8, 4) is 0 Å². The van der Waals surface area contributed by atoms with Gasteiger partial charge in [-0.2, -0.15) is 0 Å². The molecule has 100 valence electrons. The van der Waals surface area contributed by atoms with E-state index in [1.807, 2.05) is 44.2 Å². The highest BCUT2D eigenvalue weighted by Gasteiger charge is 2.31. The highest BCUT2D eigenvalue weighted by Crippen LogP contribution is 2.24. The van der Waals surface area contributed by atoms with Gasteiger partial charge in [-0.25, -0.2) is 4.98 Å². The molecule has 1 unspecified atom stereocenters. The van der Waals surface area contributed by atoms with Crippen molar-refractivity contribution in [2.75, 3.05) is 5.32 Å². The molecule has 0 radical (unpaired) electrons. The number of aromatic nitrogens is 1. The summed E-state index contributed by atoms with van der Waals surface area (Å²) in [6.45, 7) is 5.59. The molecule has 3 N–H and O–H groups in total. The van der Waals surface area contributed by atoms with Gasteiger partial charge in [-0.15, -0.1) is 11.3 Å². The van der Waals surface area contributed by atoms with Gasteiger partial charge in [-0.05, 0) is 26.3 Å². The molecule has 19 heavy (non-hydrogen) atoms. The van der Waals surface area contributed by atoms with E-state index in [9.17, 15) is 4.79 Å². The minimum atomic E-state index is -1.07. The van der Waals surface area contributed by atoms with Gasteiger partial charge in [-0.1, -0.05) is 30.3 Å². The Hall–Kier alpha value is -1.72. The lowest BCUT2D eigenvalue weighted by Crippen LogP contribution is -2.45. The molecular weight excluding hydrogens is 258 g/mol. The number of rotatable bonds is 3. The summed E-state index contributed by atoms with van der Waals surface area (Å²) in [6.07, 6.45) is 0. The van der Waals surface area contributed by atoms with E-state index >= 15 is 0 Å². The fourth-order valence-electron chi connectivity index (χ4n) is 1.67. The van der Waals surface area contributed by atoms with Gasteiger partial charge in [0.05, 0.1) is 5.69 Å². The summed E-state index contributed by atoms with van der Waals surface area (Å²) in [5.74, 6) is -0.257. The van der Waals surface area contributed by atoms with Crippen LogP contribution in [0, 0.1) is 13.8 Å². The third-order valence-corrected chi connectivity index (χ3v) is 4.08. The van der Waals surface area contributed by atoms with Gasteiger partial charge < -0.3 is 11.1 Å². The predicted octanol–water partition coefficient (Wildman–Crippen LogP) is 2.57. The van der Waals surface area contributed by atoms with Crippen molar-refractivity contribution >= 4 is 22.4 Å². The van der Waals surface area contributed by atoms with Crippen LogP contribution in [-0.4, -0.2) is 10.9 Å². The number of hydrogen-bond donors (Lipinski definition) is 2. The zero-order chi connectivity index (χ0) is 14.0. The van der Waals surface area contributed by atoms with E-state index in [0.717, 1.165) is 16.1 Å². The van der Waals surface area contributed by atoms with Crippen molar-refractivity contribution < 1.29 is 4.79 Å². The summed E-state index contributed by atoms with van der Waals surface area (Å²) in [5, 5.41) is 3.38. The smallest absolute Gasteiger partial charge is 0.250 e. The largest absolute Gasteiger partial charge is 0.314 e. The quantitative estimate of drug-likeness (QED) is 0.904. The number of nitrogens with one attached hydrogen (secondary N) is 1. The first kappa shape index (κ1) is 13.7. The molecule has 1 heterocycles. The average molecular weight is 275 g/mol. The van der Waals surface area contributed by atoms with Crippen LogP contribution in [0.3, 0.4) is 0 Å². The maximum atomic E-state index is 12.3. The van der Waals surface area contributed by atoms with Crippen LogP contribution in [0.25, 0.3) is 0 Å². The summed E-state index contributed by atoms with van der Waals surface area (Å²) in [5.41, 5.74) is 6.77. The summed E-state index contributed by atoms with van der Waals surface area (Å²) in [7, 11) is 0. The zero-order valence-corrected chi connectivity index (χ0v) is 12.0. The number of nitrogens with zero attached hydrogens (tertiary/aromatic N) is 1. The molecule has 2 rings (SSSR count). The van der Waals surface area contributed by atoms with Gasteiger partial charge in [0.15, 0.2) is 5.13 Å². The summed E-state index contributed by atoms with van der Waals surface area (Å²) >= 11 is 1.46. The molecule has 0 fully saturated rings. The van der Waals surface area contributed by atoms with Crippen molar-refractivity contribution in [1.29, 1.82) is 0 Å². The van der Waals surface area contributed by atoms with E-state index in [0.29, 0.717) is 5.13 Å². The Kier molecular flexibility index (Phi) is 3.68. The Labute approximate surface area is 116 Å². The van der Waals surface area contributed by atoms with Crippen LogP contribution in [0.5, 0.6) is 0 Å². The van der Waals surface area contributed by atoms with Crippen molar-refractivity contribution in [3.63, 3.8) is 0 Å². The van der Waals surface area contributed by atoms with Crippen LogP contribution in [0.2, 0.25) is 0 Å². The van der Waals surface area contributed by atoms with Crippen LogP contribution in [0.15, 0.2) is 30.3 Å². The Morgan fingerprint density at radius 2 is 1.95 bits per heavy atom. The molecule has 0 aliphatic rings. The molecule has 1 aromatic heterocycles. The highest BCUT2D eigenvalue weighted by atomic mass is 32.1. The topological polar surface area (TPSA) is 68.0 Å². The molecule has 1 atom stereocenters. The van der Waals surface area contributed by atoms with Crippen LogP contribution in [0.1, 0.15) is 23.1 Å². The molecule has 0 saturated heterocycles. The van der Waals surface area contributed by atoms with Crippen LogP contribution < -0.4 is 11.1 Å². The van der Waals surface area contributed by atoms with Gasteiger partial charge >= 0.3 is 0 Å². The summed E-state index contributed by atoms with van der Waals surface area (Å²) < 4.78 is 0. The zero-order valence-electron chi connectivity index (χ0n) is 11.2. The third kappa shape index (κ3) is 2.83. The number of anilines is 1. The first-order valence-corrected chi connectivity index (χ1v) is 6.83. The van der Waals surface area contributed by atoms with Gasteiger partial charge in [0.25, 0.3) is 5.91 Å². The molecule has 0 spiro atoms. The number of benzene rings is 1. The number of nitrogens with two attached hydrogens (primary N) is 1. The lowest BCUT2D eigenvalue weighted by molar-refractivity contribution is -0.120. The Bertz CT molecular complexity index is 570. The second-order valence-electron chi connectivity index (χ2n) is 4.68. The second kappa shape index (κ2) is 5.11. The third-order valence-electron chi connectivity index (χ3n) is 3.09. The minimum absolute atomic E-state index is 0.257. The first-order chi connectivity index (χ1) is 8.91. The first-order valence-electron chi connectivity index (χ1n) is 6.01. The van der Waals surface area contributed by atoms with Crippen molar-refractivity contribution in [3.05, 3.63) is 46.5 Å².